The summed E-state index contributed by atoms with van der Waals surface area (Å²) in [5.41, 5.74) is 0.833. The van der Waals surface area contributed by atoms with Crippen LogP contribution in [0.2, 0.25) is 5.02 Å². The van der Waals surface area contributed by atoms with Crippen LogP contribution in [0.5, 0.6) is 0 Å². The zero-order valence-corrected chi connectivity index (χ0v) is 21.5. The fourth-order valence-electron chi connectivity index (χ4n) is 2.14. The lowest BCUT2D eigenvalue weighted by Gasteiger charge is -2.05. The van der Waals surface area contributed by atoms with E-state index in [-0.39, 0.29) is 0 Å². The van der Waals surface area contributed by atoms with Gasteiger partial charge in [0.1, 0.15) is 15.4 Å². The van der Waals surface area contributed by atoms with E-state index in [1.807, 2.05) is 69.5 Å². The Morgan fingerprint density at radius 3 is 2.42 bits per heavy atom. The minimum Gasteiger partial charge on any atom is -0.467 e. The molecule has 0 unspecified atom stereocenters. The molecular formula is C20H22ClN5OS4. The lowest BCUT2D eigenvalue weighted by molar-refractivity contribution is 0.511. The molecule has 4 aromatic rings. The molecule has 4 rings (SSSR count). The Bertz CT molecular complexity index is 1200. The van der Waals surface area contributed by atoms with Crippen molar-refractivity contribution in [2.24, 2.45) is 9.98 Å². The monoisotopic (exact) mass is 511 g/mol. The Kier molecular flexibility index (Phi) is 8.85. The minimum absolute atomic E-state index is 0.618. The molecule has 3 aromatic heterocycles. The third-order valence-corrected chi connectivity index (χ3v) is 8.50. The molecular weight excluding hydrogens is 490 g/mol. The number of halogens is 1. The van der Waals surface area contributed by atoms with Gasteiger partial charge >= 0.3 is 0 Å². The predicted molar refractivity (Wildman–Crippen MR) is 135 cm³/mol. The van der Waals surface area contributed by atoms with E-state index in [1.165, 1.54) is 5.00 Å². The van der Waals surface area contributed by atoms with Crippen LogP contribution in [0.3, 0.4) is 0 Å². The van der Waals surface area contributed by atoms with Crippen LogP contribution in [-0.4, -0.2) is 33.2 Å². The maximum atomic E-state index is 5.88. The van der Waals surface area contributed by atoms with E-state index in [1.54, 1.807) is 47.6 Å². The Morgan fingerprint density at radius 1 is 0.968 bits per heavy atom. The molecule has 31 heavy (non-hydrogen) atoms. The predicted octanol–water partition coefficient (Wildman–Crippen LogP) is 5.73. The van der Waals surface area contributed by atoms with Gasteiger partial charge < -0.3 is 14.2 Å². The first-order valence-corrected chi connectivity index (χ1v) is 13.8. The standard InChI is InChI=1S/C10H10ClN3S2.C10H12N2OS2/c1-14(2)10-13-9(15-16-10)12-8-5-3-4-7(11)6-8;1-12(2)10-6-9(14-15-10)11-7-8-4-3-5-13-8/h3-6H,1-2H3;3-6H,7H2,1-2H3. The van der Waals surface area contributed by atoms with Crippen molar-refractivity contribution >= 4 is 68.8 Å². The van der Waals surface area contributed by atoms with Crippen LogP contribution in [0, 0.1) is 0 Å². The van der Waals surface area contributed by atoms with Gasteiger partial charge in [0, 0.05) is 39.3 Å². The van der Waals surface area contributed by atoms with Crippen LogP contribution >= 0.6 is 53.0 Å². The van der Waals surface area contributed by atoms with Crippen molar-refractivity contribution in [3.8, 4) is 0 Å². The molecule has 0 amide bonds. The normalized spacial score (nSPS) is 11.9. The Balaban J connectivity index is 0.000000176. The van der Waals surface area contributed by atoms with Crippen molar-refractivity contribution in [3.63, 3.8) is 0 Å². The number of rotatable bonds is 5. The Labute approximate surface area is 200 Å². The van der Waals surface area contributed by atoms with E-state index in [0.29, 0.717) is 11.6 Å². The molecule has 0 saturated carbocycles. The lowest BCUT2D eigenvalue weighted by atomic mass is 10.3. The zero-order valence-electron chi connectivity index (χ0n) is 17.5. The summed E-state index contributed by atoms with van der Waals surface area (Å²) < 4.78 is 6.27. The van der Waals surface area contributed by atoms with Gasteiger partial charge in [-0.05, 0) is 51.0 Å². The summed E-state index contributed by atoms with van der Waals surface area (Å²) in [6, 6.07) is 13.4. The minimum atomic E-state index is 0.618. The summed E-state index contributed by atoms with van der Waals surface area (Å²) in [6.07, 6.45) is 1.67. The lowest BCUT2D eigenvalue weighted by Crippen LogP contribution is -2.10. The van der Waals surface area contributed by atoms with Crippen molar-refractivity contribution in [1.29, 1.82) is 0 Å². The van der Waals surface area contributed by atoms with Gasteiger partial charge in [-0.2, -0.15) is 4.98 Å². The second-order valence-electron chi connectivity index (χ2n) is 6.61. The first-order chi connectivity index (χ1) is 14.9. The molecule has 11 heteroatoms. The largest absolute Gasteiger partial charge is 0.467 e. The zero-order chi connectivity index (χ0) is 22.2. The van der Waals surface area contributed by atoms with Gasteiger partial charge in [-0.3, -0.25) is 4.99 Å². The fraction of sp³-hybridized carbons (Fsp3) is 0.250. The van der Waals surface area contributed by atoms with E-state index >= 15 is 0 Å². The summed E-state index contributed by atoms with van der Waals surface area (Å²) in [4.78, 5) is 18.1. The number of benzene rings is 1. The molecule has 0 N–H and O–H groups in total. The summed E-state index contributed by atoms with van der Waals surface area (Å²) in [5, 5.41) is 2.89. The van der Waals surface area contributed by atoms with Crippen LogP contribution in [0.25, 0.3) is 0 Å². The van der Waals surface area contributed by atoms with Gasteiger partial charge in [0.2, 0.25) is 4.80 Å². The van der Waals surface area contributed by atoms with E-state index in [0.717, 1.165) is 26.1 Å². The highest BCUT2D eigenvalue weighted by Crippen LogP contribution is 2.20. The van der Waals surface area contributed by atoms with Crippen molar-refractivity contribution in [2.75, 3.05) is 38.0 Å². The molecule has 0 atom stereocenters. The summed E-state index contributed by atoms with van der Waals surface area (Å²) in [6.45, 7) is 0.618. The molecule has 3 heterocycles. The van der Waals surface area contributed by atoms with Gasteiger partial charge in [0.25, 0.3) is 0 Å². The molecule has 164 valence electrons. The highest BCUT2D eigenvalue weighted by Gasteiger charge is 2.00. The number of anilines is 2. The first kappa shape index (κ1) is 23.7. The van der Waals surface area contributed by atoms with Crippen molar-refractivity contribution in [1.82, 2.24) is 4.98 Å². The average Bonchev–Trinajstić information content (AvgIpc) is 3.48. The molecule has 0 fully saturated rings. The molecule has 0 saturated heterocycles. The number of furan rings is 1. The van der Waals surface area contributed by atoms with Gasteiger partial charge in [0.05, 0.1) is 18.5 Å². The van der Waals surface area contributed by atoms with Crippen LogP contribution in [0.1, 0.15) is 5.76 Å². The van der Waals surface area contributed by atoms with Gasteiger partial charge in [0.15, 0.2) is 5.13 Å². The number of hydrogen-bond acceptors (Lipinski definition) is 10. The SMILES string of the molecule is CN(C)c1cc(=NCc2ccco2)ss1.CN(C)c1nc(=Nc2cccc(Cl)c2)ss1. The molecule has 0 bridgehead atoms. The van der Waals surface area contributed by atoms with Gasteiger partial charge in [-0.25, -0.2) is 4.99 Å². The number of aromatic nitrogens is 1. The number of nitrogens with zero attached hydrogens (tertiary/aromatic N) is 5. The molecule has 1 aromatic carbocycles. The fourth-order valence-corrected chi connectivity index (χ4v) is 6.54. The topological polar surface area (TPSA) is 57.2 Å². The van der Waals surface area contributed by atoms with Crippen LogP contribution in [0.4, 0.5) is 15.8 Å². The van der Waals surface area contributed by atoms with Crippen LogP contribution in [0.15, 0.2) is 63.1 Å². The summed E-state index contributed by atoms with van der Waals surface area (Å²) >= 11 is 5.88. The molecule has 0 aliphatic heterocycles. The molecule has 0 aliphatic carbocycles. The number of hydrogen-bond donors (Lipinski definition) is 0. The second kappa shape index (κ2) is 11.6. The summed E-state index contributed by atoms with van der Waals surface area (Å²) in [7, 11) is 14.6. The third kappa shape index (κ3) is 7.58. The molecule has 0 aliphatic rings. The first-order valence-electron chi connectivity index (χ1n) is 9.16. The second-order valence-corrected chi connectivity index (χ2v) is 11.3. The van der Waals surface area contributed by atoms with E-state index < -0.39 is 0 Å². The quantitative estimate of drug-likeness (QED) is 0.321. The van der Waals surface area contributed by atoms with E-state index in [2.05, 4.69) is 25.9 Å². The smallest absolute Gasteiger partial charge is 0.222 e. The van der Waals surface area contributed by atoms with E-state index in [9.17, 15) is 0 Å². The third-order valence-electron chi connectivity index (χ3n) is 3.67. The van der Waals surface area contributed by atoms with Crippen molar-refractivity contribution < 1.29 is 4.42 Å². The Morgan fingerprint density at radius 2 is 1.81 bits per heavy atom. The summed E-state index contributed by atoms with van der Waals surface area (Å²) in [5.74, 6) is 0.903. The van der Waals surface area contributed by atoms with Crippen molar-refractivity contribution in [3.05, 3.63) is 69.0 Å². The van der Waals surface area contributed by atoms with Gasteiger partial charge in [-0.15, -0.1) is 0 Å². The molecule has 6 nitrogen and oxygen atoms in total. The molecule has 0 radical (unpaired) electrons. The molecule has 0 spiro atoms. The van der Waals surface area contributed by atoms with Crippen LogP contribution < -0.4 is 19.3 Å². The maximum Gasteiger partial charge on any atom is 0.222 e. The van der Waals surface area contributed by atoms with Crippen molar-refractivity contribution in [2.45, 2.75) is 6.54 Å². The van der Waals surface area contributed by atoms with Crippen LogP contribution in [-0.2, 0) is 6.54 Å². The Hall–Kier alpha value is -1.98. The highest BCUT2D eigenvalue weighted by atomic mass is 35.5. The average molecular weight is 512 g/mol. The van der Waals surface area contributed by atoms with Gasteiger partial charge in [-0.1, -0.05) is 38.3 Å². The maximum absolute atomic E-state index is 5.88. The highest BCUT2D eigenvalue weighted by molar-refractivity contribution is 7.70. The van der Waals surface area contributed by atoms with E-state index in [4.69, 9.17) is 16.0 Å².